The van der Waals surface area contributed by atoms with Crippen LogP contribution < -0.4 is 5.32 Å². The zero-order chi connectivity index (χ0) is 28.9. The molecule has 0 spiro atoms. The van der Waals surface area contributed by atoms with Crippen LogP contribution in [-0.2, 0) is 26.9 Å². The highest BCUT2D eigenvalue weighted by atomic mass is 35.5. The molecule has 41 heavy (non-hydrogen) atoms. The van der Waals surface area contributed by atoms with E-state index in [1.165, 1.54) is 31.0 Å². The number of aromatic amines is 1. The summed E-state index contributed by atoms with van der Waals surface area (Å²) in [6.45, 7) is 10.6. The van der Waals surface area contributed by atoms with E-state index in [0.717, 1.165) is 55.6 Å². The summed E-state index contributed by atoms with van der Waals surface area (Å²) in [6, 6.07) is 9.62. The van der Waals surface area contributed by atoms with Crippen LogP contribution in [0.3, 0.4) is 0 Å². The number of piperazine rings is 1. The Bertz CT molecular complexity index is 1630. The number of hydrogen-bond acceptors (Lipinski definition) is 5. The number of aryl methyl sites for hydroxylation is 1. The molecule has 0 unspecified atom stereocenters. The van der Waals surface area contributed by atoms with Crippen molar-refractivity contribution in [2.45, 2.75) is 43.9 Å². The SMILES string of the molecule is Cc1[nH]c(/C=C2\C(=O)Nc3ccc(S(=O)(=O)Cc4c(Cl)cccc4Cl)cc32)c(C)c1CN1CCN(CC2CC2)CC1. The van der Waals surface area contributed by atoms with Gasteiger partial charge in [-0.25, -0.2) is 8.42 Å². The van der Waals surface area contributed by atoms with Gasteiger partial charge in [-0.15, -0.1) is 0 Å². The molecule has 2 aromatic carbocycles. The van der Waals surface area contributed by atoms with Crippen molar-refractivity contribution in [1.29, 1.82) is 0 Å². The number of H-pyrrole nitrogens is 1. The summed E-state index contributed by atoms with van der Waals surface area (Å²) < 4.78 is 26.7. The molecule has 1 aromatic heterocycles. The molecule has 10 heteroatoms. The molecule has 0 bridgehead atoms. The standard InChI is InChI=1S/C31H34Cl2N4O3S/c1-19-25(17-37-12-10-36(11-13-37)16-21-6-7-21)20(2)34-30(19)15-24-23-14-22(8-9-29(23)35-31(24)38)41(39,40)18-26-27(32)4-3-5-28(26)33/h3-5,8-9,14-15,21,34H,6-7,10-13,16-18H2,1-2H3,(H,35,38)/b24-15-. The molecule has 1 amide bonds. The Morgan fingerprint density at radius 3 is 2.34 bits per heavy atom. The minimum absolute atomic E-state index is 0.107. The van der Waals surface area contributed by atoms with E-state index in [9.17, 15) is 13.2 Å². The molecule has 1 saturated heterocycles. The molecule has 1 aliphatic carbocycles. The number of nitrogens with one attached hydrogen (secondary N) is 2. The molecular formula is C31H34Cl2N4O3S. The van der Waals surface area contributed by atoms with Crippen LogP contribution in [0.1, 0.15) is 46.5 Å². The number of rotatable bonds is 8. The van der Waals surface area contributed by atoms with Crippen molar-refractivity contribution < 1.29 is 13.2 Å². The fourth-order valence-corrected chi connectivity index (χ4v) is 7.93. The molecule has 3 heterocycles. The summed E-state index contributed by atoms with van der Waals surface area (Å²) in [5.41, 5.74) is 6.23. The van der Waals surface area contributed by atoms with Gasteiger partial charge in [0.2, 0.25) is 0 Å². The Kier molecular flexibility index (Phi) is 7.80. The first-order valence-electron chi connectivity index (χ1n) is 14.0. The molecule has 7 nitrogen and oxygen atoms in total. The third-order valence-corrected chi connectivity index (χ3v) is 10.9. The summed E-state index contributed by atoms with van der Waals surface area (Å²) in [5, 5.41) is 3.47. The van der Waals surface area contributed by atoms with Gasteiger partial charge in [-0.1, -0.05) is 29.3 Å². The van der Waals surface area contributed by atoms with E-state index in [-0.39, 0.29) is 16.6 Å². The second-order valence-corrected chi connectivity index (χ2v) is 14.3. The predicted octanol–water partition coefficient (Wildman–Crippen LogP) is 5.93. The van der Waals surface area contributed by atoms with Crippen LogP contribution in [0.2, 0.25) is 10.0 Å². The molecule has 3 aromatic rings. The average molecular weight is 614 g/mol. The smallest absolute Gasteiger partial charge is 0.256 e. The average Bonchev–Trinajstić information content (AvgIpc) is 3.65. The number of carbonyl (C=O) groups excluding carboxylic acids is 1. The van der Waals surface area contributed by atoms with E-state index in [2.05, 4.69) is 33.9 Å². The summed E-state index contributed by atoms with van der Waals surface area (Å²) >= 11 is 12.5. The van der Waals surface area contributed by atoms with E-state index in [4.69, 9.17) is 23.2 Å². The summed E-state index contributed by atoms with van der Waals surface area (Å²) in [7, 11) is -3.78. The van der Waals surface area contributed by atoms with Gasteiger partial charge in [0.15, 0.2) is 9.84 Å². The second-order valence-electron chi connectivity index (χ2n) is 11.5. The first kappa shape index (κ1) is 28.5. The van der Waals surface area contributed by atoms with Gasteiger partial charge >= 0.3 is 0 Å². The highest BCUT2D eigenvalue weighted by Gasteiger charge is 2.29. The lowest BCUT2D eigenvalue weighted by atomic mass is 10.0. The van der Waals surface area contributed by atoms with Crippen molar-refractivity contribution in [2.24, 2.45) is 5.92 Å². The highest BCUT2D eigenvalue weighted by Crippen LogP contribution is 2.37. The number of benzene rings is 2. The maximum absolute atomic E-state index is 13.4. The lowest BCUT2D eigenvalue weighted by Crippen LogP contribution is -2.46. The van der Waals surface area contributed by atoms with Gasteiger partial charge in [-0.3, -0.25) is 9.69 Å². The minimum Gasteiger partial charge on any atom is -0.359 e. The Morgan fingerprint density at radius 1 is 0.976 bits per heavy atom. The molecule has 3 aliphatic rings. The van der Waals surface area contributed by atoms with Gasteiger partial charge in [-0.2, -0.15) is 0 Å². The van der Waals surface area contributed by atoms with E-state index in [0.29, 0.717) is 32.4 Å². The largest absolute Gasteiger partial charge is 0.359 e. The highest BCUT2D eigenvalue weighted by molar-refractivity contribution is 7.90. The summed E-state index contributed by atoms with van der Waals surface area (Å²) in [6.07, 6.45) is 4.61. The fourth-order valence-electron chi connectivity index (χ4n) is 5.81. The first-order chi connectivity index (χ1) is 19.6. The van der Waals surface area contributed by atoms with Crippen LogP contribution in [0.15, 0.2) is 41.3 Å². The number of anilines is 1. The summed E-state index contributed by atoms with van der Waals surface area (Å²) in [4.78, 5) is 21.7. The number of carbonyl (C=O) groups is 1. The first-order valence-corrected chi connectivity index (χ1v) is 16.5. The number of aromatic nitrogens is 1. The van der Waals surface area contributed by atoms with Gasteiger partial charge in [0.05, 0.1) is 16.2 Å². The Morgan fingerprint density at radius 2 is 1.66 bits per heavy atom. The van der Waals surface area contributed by atoms with Gasteiger partial charge in [0.25, 0.3) is 5.91 Å². The van der Waals surface area contributed by atoms with E-state index in [1.54, 1.807) is 30.3 Å². The van der Waals surface area contributed by atoms with Gasteiger partial charge in [0, 0.05) is 77.5 Å². The van der Waals surface area contributed by atoms with Crippen LogP contribution in [0, 0.1) is 19.8 Å². The van der Waals surface area contributed by atoms with Crippen molar-refractivity contribution in [3.8, 4) is 0 Å². The zero-order valence-corrected chi connectivity index (χ0v) is 25.6. The summed E-state index contributed by atoms with van der Waals surface area (Å²) in [5.74, 6) is 0.322. The Balaban J connectivity index is 1.23. The molecule has 2 N–H and O–H groups in total. The molecule has 6 rings (SSSR count). The molecule has 2 aliphatic heterocycles. The lowest BCUT2D eigenvalue weighted by Gasteiger charge is -2.34. The number of amides is 1. The maximum Gasteiger partial charge on any atom is 0.256 e. The number of nitrogens with zero attached hydrogens (tertiary/aromatic N) is 2. The van der Waals surface area contributed by atoms with E-state index < -0.39 is 9.84 Å². The van der Waals surface area contributed by atoms with Gasteiger partial charge in [-0.05, 0) is 80.1 Å². The van der Waals surface area contributed by atoms with Crippen molar-refractivity contribution in [3.63, 3.8) is 0 Å². The Hall–Kier alpha value is -2.62. The number of hydrogen-bond donors (Lipinski definition) is 2. The third-order valence-electron chi connectivity index (χ3n) is 8.51. The topological polar surface area (TPSA) is 85.5 Å². The zero-order valence-electron chi connectivity index (χ0n) is 23.3. The van der Waals surface area contributed by atoms with Crippen LogP contribution in [0.4, 0.5) is 5.69 Å². The van der Waals surface area contributed by atoms with E-state index >= 15 is 0 Å². The lowest BCUT2D eigenvalue weighted by molar-refractivity contribution is -0.110. The van der Waals surface area contributed by atoms with Crippen molar-refractivity contribution in [2.75, 3.05) is 38.0 Å². The van der Waals surface area contributed by atoms with Crippen LogP contribution in [0.25, 0.3) is 11.6 Å². The number of sulfone groups is 1. The third kappa shape index (κ3) is 5.99. The fraction of sp³-hybridized carbons (Fsp3) is 0.387. The van der Waals surface area contributed by atoms with Crippen molar-refractivity contribution >= 4 is 56.3 Å². The molecule has 216 valence electrons. The Labute approximate surface area is 251 Å². The van der Waals surface area contributed by atoms with Crippen LogP contribution in [-0.4, -0.2) is 61.8 Å². The number of fused-ring (bicyclic) bond motifs is 1. The van der Waals surface area contributed by atoms with Crippen LogP contribution in [0.5, 0.6) is 0 Å². The molecular weight excluding hydrogens is 579 g/mol. The maximum atomic E-state index is 13.4. The molecule has 2 fully saturated rings. The number of halogens is 2. The monoisotopic (exact) mass is 612 g/mol. The predicted molar refractivity (Wildman–Crippen MR) is 165 cm³/mol. The van der Waals surface area contributed by atoms with Crippen molar-refractivity contribution in [3.05, 3.63) is 80.1 Å². The molecule has 0 atom stereocenters. The van der Waals surface area contributed by atoms with Gasteiger partial charge in [0.1, 0.15) is 0 Å². The molecule has 1 saturated carbocycles. The normalized spacial score (nSPS) is 19.1. The second kappa shape index (κ2) is 11.2. The van der Waals surface area contributed by atoms with Gasteiger partial charge < -0.3 is 15.2 Å². The minimum atomic E-state index is -3.78. The molecule has 0 radical (unpaired) electrons. The quantitative estimate of drug-likeness (QED) is 0.308. The van der Waals surface area contributed by atoms with Crippen molar-refractivity contribution in [1.82, 2.24) is 14.8 Å². The van der Waals surface area contributed by atoms with E-state index in [1.807, 2.05) is 6.08 Å². The van der Waals surface area contributed by atoms with Crippen LogP contribution >= 0.6 is 23.2 Å².